The van der Waals surface area contributed by atoms with E-state index in [1.54, 1.807) is 6.07 Å². The van der Waals surface area contributed by atoms with Crippen LogP contribution >= 0.6 is 27.5 Å². The van der Waals surface area contributed by atoms with E-state index in [4.69, 9.17) is 11.6 Å². The Hall–Kier alpha value is -0.860. The van der Waals surface area contributed by atoms with Gasteiger partial charge in [0.05, 0.1) is 9.85 Å². The summed E-state index contributed by atoms with van der Waals surface area (Å²) in [6, 6.07) is 11.1. The third kappa shape index (κ3) is 2.60. The summed E-state index contributed by atoms with van der Waals surface area (Å²) < 4.78 is 13.5. The second kappa shape index (κ2) is 5.41. The van der Waals surface area contributed by atoms with Crippen molar-refractivity contribution in [1.29, 1.82) is 0 Å². The highest BCUT2D eigenvalue weighted by Crippen LogP contribution is 2.37. The SMILES string of the molecule is Cc1ccc(C(Br)c2cccc(F)c2Cl)c(C)c1. The van der Waals surface area contributed by atoms with Crippen LogP contribution in [0.1, 0.15) is 27.1 Å². The molecule has 0 aliphatic rings. The van der Waals surface area contributed by atoms with Crippen molar-refractivity contribution in [3.8, 4) is 0 Å². The summed E-state index contributed by atoms with van der Waals surface area (Å²) in [7, 11) is 0. The highest BCUT2D eigenvalue weighted by Gasteiger charge is 2.17. The molecular weight excluding hydrogens is 315 g/mol. The normalized spacial score (nSPS) is 12.5. The van der Waals surface area contributed by atoms with Gasteiger partial charge in [-0.2, -0.15) is 0 Å². The standard InChI is InChI=1S/C15H13BrClF/c1-9-6-7-11(10(2)8-9)14(16)12-4-3-5-13(18)15(12)17/h3-8,14H,1-2H3. The molecule has 3 heteroatoms. The molecule has 0 aliphatic heterocycles. The molecule has 0 N–H and O–H groups in total. The molecular formula is C15H13BrClF. The summed E-state index contributed by atoms with van der Waals surface area (Å²) in [5, 5.41) is 0.180. The van der Waals surface area contributed by atoms with Crippen molar-refractivity contribution in [3.05, 3.63) is 69.5 Å². The van der Waals surface area contributed by atoms with Crippen LogP contribution < -0.4 is 0 Å². The minimum absolute atomic E-state index is 0.0960. The van der Waals surface area contributed by atoms with E-state index in [9.17, 15) is 4.39 Å². The van der Waals surface area contributed by atoms with Crippen LogP contribution in [-0.4, -0.2) is 0 Å². The van der Waals surface area contributed by atoms with Crippen molar-refractivity contribution in [2.75, 3.05) is 0 Å². The van der Waals surface area contributed by atoms with Crippen LogP contribution in [0.25, 0.3) is 0 Å². The van der Waals surface area contributed by atoms with Gasteiger partial charge < -0.3 is 0 Å². The van der Waals surface area contributed by atoms with Gasteiger partial charge in [0, 0.05) is 0 Å². The van der Waals surface area contributed by atoms with Crippen molar-refractivity contribution in [2.45, 2.75) is 18.7 Å². The summed E-state index contributed by atoms with van der Waals surface area (Å²) in [5.41, 5.74) is 4.23. The topological polar surface area (TPSA) is 0 Å². The zero-order chi connectivity index (χ0) is 13.3. The molecule has 0 nitrogen and oxygen atoms in total. The molecule has 0 bridgehead atoms. The molecule has 0 aliphatic carbocycles. The van der Waals surface area contributed by atoms with E-state index in [0.717, 1.165) is 16.7 Å². The van der Waals surface area contributed by atoms with Crippen molar-refractivity contribution >= 4 is 27.5 Å². The lowest BCUT2D eigenvalue weighted by atomic mass is 9.98. The fourth-order valence-corrected chi connectivity index (χ4v) is 3.26. The Morgan fingerprint density at radius 3 is 2.50 bits per heavy atom. The first-order valence-electron chi connectivity index (χ1n) is 5.66. The average molecular weight is 328 g/mol. The quantitative estimate of drug-likeness (QED) is 0.632. The van der Waals surface area contributed by atoms with Gasteiger partial charge in [-0.3, -0.25) is 0 Å². The summed E-state index contributed by atoms with van der Waals surface area (Å²) in [4.78, 5) is -0.0960. The molecule has 94 valence electrons. The third-order valence-electron chi connectivity index (χ3n) is 2.95. The Kier molecular flexibility index (Phi) is 4.08. The zero-order valence-corrected chi connectivity index (χ0v) is 12.5. The van der Waals surface area contributed by atoms with Crippen LogP contribution in [0.4, 0.5) is 4.39 Å². The summed E-state index contributed by atoms with van der Waals surface area (Å²) >= 11 is 9.62. The van der Waals surface area contributed by atoms with Crippen molar-refractivity contribution in [3.63, 3.8) is 0 Å². The van der Waals surface area contributed by atoms with Crippen LogP contribution in [0.15, 0.2) is 36.4 Å². The lowest BCUT2D eigenvalue weighted by molar-refractivity contribution is 0.626. The Bertz CT molecular complexity index is 581. The van der Waals surface area contributed by atoms with Gasteiger partial charge in [-0.15, -0.1) is 0 Å². The lowest BCUT2D eigenvalue weighted by Crippen LogP contribution is -1.98. The van der Waals surface area contributed by atoms with E-state index >= 15 is 0 Å². The predicted molar refractivity (Wildman–Crippen MR) is 78.1 cm³/mol. The largest absolute Gasteiger partial charge is 0.205 e. The third-order valence-corrected chi connectivity index (χ3v) is 4.34. The molecule has 1 unspecified atom stereocenters. The van der Waals surface area contributed by atoms with Gasteiger partial charge >= 0.3 is 0 Å². The van der Waals surface area contributed by atoms with E-state index < -0.39 is 0 Å². The van der Waals surface area contributed by atoms with Gasteiger partial charge in [-0.05, 0) is 36.6 Å². The molecule has 2 aromatic rings. The highest BCUT2D eigenvalue weighted by molar-refractivity contribution is 9.09. The van der Waals surface area contributed by atoms with Gasteiger partial charge in [0.2, 0.25) is 0 Å². The monoisotopic (exact) mass is 326 g/mol. The summed E-state index contributed by atoms with van der Waals surface area (Å²) in [5.74, 6) is -0.386. The number of alkyl halides is 1. The zero-order valence-electron chi connectivity index (χ0n) is 10.2. The number of benzene rings is 2. The van der Waals surface area contributed by atoms with E-state index in [1.807, 2.05) is 25.1 Å². The van der Waals surface area contributed by atoms with Gasteiger partial charge in [0.1, 0.15) is 5.82 Å². The van der Waals surface area contributed by atoms with Crippen LogP contribution in [0, 0.1) is 19.7 Å². The smallest absolute Gasteiger partial charge is 0.142 e. The summed E-state index contributed by atoms with van der Waals surface area (Å²) in [6.07, 6.45) is 0. The fraction of sp³-hybridized carbons (Fsp3) is 0.200. The first-order chi connectivity index (χ1) is 8.50. The van der Waals surface area contributed by atoms with Crippen LogP contribution in [-0.2, 0) is 0 Å². The van der Waals surface area contributed by atoms with E-state index in [0.29, 0.717) is 0 Å². The molecule has 2 rings (SSSR count). The number of aryl methyl sites for hydroxylation is 2. The molecule has 0 saturated heterocycles. The average Bonchev–Trinajstić information content (AvgIpc) is 2.32. The van der Waals surface area contributed by atoms with Crippen molar-refractivity contribution in [2.24, 2.45) is 0 Å². The fourth-order valence-electron chi connectivity index (χ4n) is 1.99. The maximum absolute atomic E-state index is 13.5. The van der Waals surface area contributed by atoms with Crippen LogP contribution in [0.5, 0.6) is 0 Å². The Morgan fingerprint density at radius 1 is 1.11 bits per heavy atom. The highest BCUT2D eigenvalue weighted by atomic mass is 79.9. The summed E-state index contributed by atoms with van der Waals surface area (Å²) in [6.45, 7) is 4.10. The van der Waals surface area contributed by atoms with E-state index in [-0.39, 0.29) is 15.7 Å². The van der Waals surface area contributed by atoms with Crippen molar-refractivity contribution in [1.82, 2.24) is 0 Å². The Labute approximate surface area is 120 Å². The molecule has 1 atom stereocenters. The van der Waals surface area contributed by atoms with Gasteiger partial charge in [0.15, 0.2) is 0 Å². The maximum Gasteiger partial charge on any atom is 0.142 e. The number of hydrogen-bond acceptors (Lipinski definition) is 0. The van der Waals surface area contributed by atoms with Gasteiger partial charge in [-0.25, -0.2) is 4.39 Å². The number of hydrogen-bond donors (Lipinski definition) is 0. The van der Waals surface area contributed by atoms with Crippen molar-refractivity contribution < 1.29 is 4.39 Å². The molecule has 2 aromatic carbocycles. The minimum atomic E-state index is -0.386. The second-order valence-corrected chi connectivity index (χ2v) is 5.66. The molecule has 0 radical (unpaired) electrons. The lowest BCUT2D eigenvalue weighted by Gasteiger charge is -2.15. The predicted octanol–water partition coefficient (Wildman–Crippen LogP) is 5.58. The second-order valence-electron chi connectivity index (χ2n) is 4.37. The Morgan fingerprint density at radius 2 is 1.83 bits per heavy atom. The molecule has 0 fully saturated rings. The molecule has 0 heterocycles. The minimum Gasteiger partial charge on any atom is -0.205 e. The molecule has 0 saturated carbocycles. The van der Waals surface area contributed by atoms with Gasteiger partial charge in [-0.1, -0.05) is 63.4 Å². The first-order valence-corrected chi connectivity index (χ1v) is 6.95. The molecule has 0 amide bonds. The maximum atomic E-state index is 13.5. The van der Waals surface area contributed by atoms with E-state index in [1.165, 1.54) is 11.6 Å². The van der Waals surface area contributed by atoms with E-state index in [2.05, 4.69) is 28.9 Å². The van der Waals surface area contributed by atoms with Crippen LogP contribution in [0.3, 0.4) is 0 Å². The van der Waals surface area contributed by atoms with Crippen LogP contribution in [0.2, 0.25) is 5.02 Å². The van der Waals surface area contributed by atoms with Gasteiger partial charge in [0.25, 0.3) is 0 Å². The first kappa shape index (κ1) is 13.6. The molecule has 0 spiro atoms. The number of rotatable bonds is 2. The number of halogens is 3. The molecule has 18 heavy (non-hydrogen) atoms. The Balaban J connectivity index is 2.48. The molecule has 0 aromatic heterocycles.